The van der Waals surface area contributed by atoms with E-state index in [4.69, 9.17) is 17.3 Å². The van der Waals surface area contributed by atoms with E-state index >= 15 is 0 Å². The minimum atomic E-state index is -1.66. The van der Waals surface area contributed by atoms with Crippen molar-refractivity contribution in [3.8, 4) is 0 Å². The molecule has 0 bridgehead atoms. The predicted molar refractivity (Wildman–Crippen MR) is 170 cm³/mol. The van der Waals surface area contributed by atoms with E-state index < -0.39 is 59.0 Å². The Bertz CT molecular complexity index is 1630. The molecule has 5 atom stereocenters. The van der Waals surface area contributed by atoms with Gasteiger partial charge >= 0.3 is 6.09 Å². The molecule has 0 saturated carbocycles. The number of aromatic nitrogens is 1. The number of hydrogen-bond donors (Lipinski definition) is 5. The number of benzene rings is 2. The maximum Gasteiger partial charge on any atom is 0.408 e. The third-order valence-electron chi connectivity index (χ3n) is 9.20. The topological polar surface area (TPSA) is 158 Å². The van der Waals surface area contributed by atoms with Crippen molar-refractivity contribution in [1.29, 1.82) is 0 Å². The van der Waals surface area contributed by atoms with E-state index in [1.54, 1.807) is 13.8 Å². The summed E-state index contributed by atoms with van der Waals surface area (Å²) in [5.74, 6) is -4.01. The fourth-order valence-corrected chi connectivity index (χ4v) is 6.40. The monoisotopic (exact) mass is 659 g/mol. The summed E-state index contributed by atoms with van der Waals surface area (Å²) in [4.78, 5) is 57.8. The Labute approximate surface area is 271 Å². The van der Waals surface area contributed by atoms with Crippen LogP contribution in [0.2, 0.25) is 5.02 Å². The molecular formula is C33H40ClF2N5O5. The summed E-state index contributed by atoms with van der Waals surface area (Å²) in [5.41, 5.74) is 6.24. The molecule has 0 aliphatic heterocycles. The van der Waals surface area contributed by atoms with Gasteiger partial charge in [0.25, 0.3) is 0 Å². The molecule has 1 aromatic heterocycles. The third kappa shape index (κ3) is 7.11. The minimum absolute atomic E-state index is 0.0781. The van der Waals surface area contributed by atoms with Crippen LogP contribution in [0, 0.1) is 23.5 Å². The number of aromatic amines is 1. The van der Waals surface area contributed by atoms with E-state index in [1.807, 2.05) is 13.8 Å². The number of hydrogen-bond acceptors (Lipinski definition) is 4. The largest absolute Gasteiger partial charge is 0.465 e. The Morgan fingerprint density at radius 1 is 1.07 bits per heavy atom. The molecule has 0 radical (unpaired) electrons. The normalized spacial score (nSPS) is 18.6. The van der Waals surface area contributed by atoms with Crippen molar-refractivity contribution < 1.29 is 33.1 Å². The van der Waals surface area contributed by atoms with Gasteiger partial charge in [-0.3, -0.25) is 19.3 Å². The first-order valence-electron chi connectivity index (χ1n) is 15.4. The Morgan fingerprint density at radius 2 is 1.72 bits per heavy atom. The van der Waals surface area contributed by atoms with Gasteiger partial charge in [0.2, 0.25) is 17.7 Å². The molecule has 0 fully saturated rings. The summed E-state index contributed by atoms with van der Waals surface area (Å²) in [6, 6.07) is 5.48. The number of nitrogens with one attached hydrogen (secondary N) is 3. The molecule has 0 spiro atoms. The Hall–Kier alpha value is -4.19. The number of nitrogens with two attached hydrogens (primary N) is 1. The lowest BCUT2D eigenvalue weighted by molar-refractivity contribution is -0.139. The first-order valence-corrected chi connectivity index (χ1v) is 15.7. The van der Waals surface area contributed by atoms with Crippen LogP contribution in [0.1, 0.15) is 63.8 Å². The van der Waals surface area contributed by atoms with E-state index in [2.05, 4.69) is 15.6 Å². The molecule has 248 valence electrons. The molecule has 2 aromatic carbocycles. The van der Waals surface area contributed by atoms with Gasteiger partial charge in [0.1, 0.15) is 29.3 Å². The summed E-state index contributed by atoms with van der Waals surface area (Å²) >= 11 is 6.33. The Kier molecular flexibility index (Phi) is 10.6. The zero-order chi connectivity index (χ0) is 33.9. The molecule has 3 aromatic rings. The van der Waals surface area contributed by atoms with Crippen LogP contribution >= 0.6 is 11.6 Å². The molecule has 13 heteroatoms. The van der Waals surface area contributed by atoms with Crippen LogP contribution in [0.15, 0.2) is 36.4 Å². The van der Waals surface area contributed by atoms with Crippen molar-refractivity contribution >= 4 is 46.3 Å². The van der Waals surface area contributed by atoms with E-state index in [-0.39, 0.29) is 36.7 Å². The molecule has 1 aliphatic carbocycles. The lowest BCUT2D eigenvalue weighted by Gasteiger charge is -2.41. The van der Waals surface area contributed by atoms with Crippen molar-refractivity contribution in [2.24, 2.45) is 17.6 Å². The highest BCUT2D eigenvalue weighted by Gasteiger charge is 2.47. The SMILES string of the molecule is CC[C@H](C)C(NC(=O)[C@@]1(NC(=O)C([C@@H](C)CC)N(Cc2ccc(F)cc2)C(=O)O)CCc2[nH]c3c(Cl)cc(F)cc3c2C1)C(N)=O. The second kappa shape index (κ2) is 14.1. The highest BCUT2D eigenvalue weighted by Crippen LogP contribution is 2.37. The van der Waals surface area contributed by atoms with Gasteiger partial charge in [-0.1, -0.05) is 64.3 Å². The van der Waals surface area contributed by atoms with E-state index in [0.29, 0.717) is 34.9 Å². The number of rotatable bonds is 12. The fourth-order valence-electron chi connectivity index (χ4n) is 6.15. The van der Waals surface area contributed by atoms with E-state index in [9.17, 15) is 33.1 Å². The molecule has 46 heavy (non-hydrogen) atoms. The number of halogens is 3. The smallest absolute Gasteiger partial charge is 0.408 e. The van der Waals surface area contributed by atoms with Crippen LogP contribution in [0.5, 0.6) is 0 Å². The standard InChI is InChI=1S/C33H40ClF2N5O5/c1-5-17(3)26(29(37)42)39-31(44)33(12-11-25-23(15-33)22-13-21(36)14-24(34)27(22)38-25)40-30(43)28(18(4)6-2)41(32(45)46)16-19-7-9-20(35)10-8-19/h7-10,13-14,17-18,26,28,38H,5-6,11-12,15-16H2,1-4H3,(H2,37,42)(H,39,44)(H,40,43)(H,45,46)/t17-,18-,26?,28?,33+/m0/s1. The van der Waals surface area contributed by atoms with Crippen LogP contribution < -0.4 is 16.4 Å². The fraction of sp³-hybridized carbons (Fsp3) is 0.455. The number of carbonyl (C=O) groups is 4. The zero-order valence-electron chi connectivity index (χ0n) is 26.3. The van der Waals surface area contributed by atoms with Gasteiger partial charge in [0, 0.05) is 24.0 Å². The van der Waals surface area contributed by atoms with Crippen molar-refractivity contribution in [2.75, 3.05) is 0 Å². The summed E-state index contributed by atoms with van der Waals surface area (Å²) in [6.07, 6.45) is -0.177. The predicted octanol–water partition coefficient (Wildman–Crippen LogP) is 5.05. The number of primary amides is 1. The summed E-state index contributed by atoms with van der Waals surface area (Å²) in [5, 5.41) is 16.5. The number of carboxylic acid groups (broad SMARTS) is 1. The van der Waals surface area contributed by atoms with Crippen molar-refractivity contribution in [2.45, 2.75) is 84.0 Å². The van der Waals surface area contributed by atoms with Gasteiger partial charge in [-0.25, -0.2) is 13.6 Å². The first kappa shape index (κ1) is 34.7. The highest BCUT2D eigenvalue weighted by atomic mass is 35.5. The number of fused-ring (bicyclic) bond motifs is 3. The average molecular weight is 660 g/mol. The second-order valence-corrected chi connectivity index (χ2v) is 12.7. The molecule has 4 amide bonds. The van der Waals surface area contributed by atoms with Crippen molar-refractivity contribution in [3.05, 3.63) is 69.9 Å². The van der Waals surface area contributed by atoms with Gasteiger partial charge in [0.15, 0.2) is 0 Å². The lowest BCUT2D eigenvalue weighted by Crippen LogP contribution is -2.67. The first-order chi connectivity index (χ1) is 21.7. The summed E-state index contributed by atoms with van der Waals surface area (Å²) < 4.78 is 28.1. The number of aryl methyl sites for hydroxylation is 1. The van der Waals surface area contributed by atoms with Crippen molar-refractivity contribution in [3.63, 3.8) is 0 Å². The van der Waals surface area contributed by atoms with Gasteiger partial charge in [0.05, 0.1) is 10.5 Å². The van der Waals surface area contributed by atoms with E-state index in [1.165, 1.54) is 36.4 Å². The lowest BCUT2D eigenvalue weighted by atomic mass is 9.78. The van der Waals surface area contributed by atoms with Crippen LogP contribution in [0.3, 0.4) is 0 Å². The van der Waals surface area contributed by atoms with Gasteiger partial charge in [-0.15, -0.1) is 0 Å². The molecule has 1 heterocycles. The zero-order valence-corrected chi connectivity index (χ0v) is 27.0. The molecule has 2 unspecified atom stereocenters. The molecule has 10 nitrogen and oxygen atoms in total. The van der Waals surface area contributed by atoms with Crippen molar-refractivity contribution in [1.82, 2.24) is 20.5 Å². The quantitative estimate of drug-likeness (QED) is 0.184. The second-order valence-electron chi connectivity index (χ2n) is 12.2. The molecular weight excluding hydrogens is 620 g/mol. The van der Waals surface area contributed by atoms with Crippen LogP contribution in [-0.4, -0.2) is 56.4 Å². The van der Waals surface area contributed by atoms with Gasteiger partial charge in [-0.05, 0) is 60.1 Å². The maximum atomic E-state index is 14.5. The Balaban J connectivity index is 1.78. The maximum absolute atomic E-state index is 14.5. The molecule has 1 aliphatic rings. The number of H-pyrrole nitrogens is 1. The highest BCUT2D eigenvalue weighted by molar-refractivity contribution is 6.35. The molecule has 6 N–H and O–H groups in total. The molecule has 0 saturated heterocycles. The minimum Gasteiger partial charge on any atom is -0.465 e. The third-order valence-corrected chi connectivity index (χ3v) is 9.50. The average Bonchev–Trinajstić information content (AvgIpc) is 3.37. The van der Waals surface area contributed by atoms with Crippen LogP contribution in [0.25, 0.3) is 10.9 Å². The number of nitrogens with zero attached hydrogens (tertiary/aromatic N) is 1. The Morgan fingerprint density at radius 3 is 2.30 bits per heavy atom. The molecule has 4 rings (SSSR count). The summed E-state index contributed by atoms with van der Waals surface area (Å²) in [7, 11) is 0. The number of carbonyl (C=O) groups excluding carboxylic acids is 3. The summed E-state index contributed by atoms with van der Waals surface area (Å²) in [6.45, 7) is 6.95. The van der Waals surface area contributed by atoms with Crippen LogP contribution in [0.4, 0.5) is 13.6 Å². The van der Waals surface area contributed by atoms with Gasteiger partial charge < -0.3 is 26.5 Å². The van der Waals surface area contributed by atoms with Gasteiger partial charge in [-0.2, -0.15) is 0 Å². The van der Waals surface area contributed by atoms with E-state index in [0.717, 1.165) is 10.6 Å². The number of amides is 4. The van der Waals surface area contributed by atoms with Crippen LogP contribution in [-0.2, 0) is 33.8 Å².